The van der Waals surface area contributed by atoms with Crippen LogP contribution in [0.2, 0.25) is 0 Å². The molecule has 1 atom stereocenters. The Morgan fingerprint density at radius 2 is 1.97 bits per heavy atom. The second kappa shape index (κ2) is 8.65. The van der Waals surface area contributed by atoms with Gasteiger partial charge in [0.05, 0.1) is 26.9 Å². The van der Waals surface area contributed by atoms with Gasteiger partial charge >= 0.3 is 0 Å². The quantitative estimate of drug-likeness (QED) is 0.399. The molecule has 1 aliphatic carbocycles. The third kappa shape index (κ3) is 3.89. The number of carbonyl (C=O) groups is 1. The maximum absolute atomic E-state index is 13.3. The second-order valence-electron chi connectivity index (χ2n) is 9.12. The van der Waals surface area contributed by atoms with Crippen LogP contribution in [0.15, 0.2) is 35.4 Å². The molecule has 6 nitrogen and oxygen atoms in total. The van der Waals surface area contributed by atoms with Gasteiger partial charge in [-0.05, 0) is 56.2 Å². The smallest absolute Gasteiger partial charge is 0.262 e. The van der Waals surface area contributed by atoms with E-state index in [2.05, 4.69) is 11.1 Å². The molecule has 3 aromatic heterocycles. The highest BCUT2D eigenvalue weighted by Gasteiger charge is 2.28. The molecule has 1 saturated heterocycles. The highest BCUT2D eigenvalue weighted by atomic mass is 32.1. The van der Waals surface area contributed by atoms with Gasteiger partial charge in [-0.1, -0.05) is 18.6 Å². The standard InChI is InChI=1S/C25H26N4O2S2/c30-21(28-12-6-7-16(13-28)23-27-18-9-4-5-11-20(18)33-23)14-29-15-26-24-22(25(29)31)17-8-2-1-3-10-19(17)32-24/h4-5,9,11,15-16H,1-3,6-8,10,12-14H2. The first-order chi connectivity index (χ1) is 16.2. The molecule has 1 aromatic carbocycles. The van der Waals surface area contributed by atoms with Crippen molar-refractivity contribution in [1.29, 1.82) is 0 Å². The lowest BCUT2D eigenvalue weighted by Crippen LogP contribution is -2.42. The third-order valence-electron chi connectivity index (χ3n) is 6.93. The number of fused-ring (bicyclic) bond motifs is 4. The number of aromatic nitrogens is 3. The van der Waals surface area contributed by atoms with Gasteiger partial charge in [0.25, 0.3) is 5.56 Å². The van der Waals surface area contributed by atoms with Gasteiger partial charge in [0.1, 0.15) is 11.4 Å². The molecule has 0 saturated carbocycles. The van der Waals surface area contributed by atoms with Gasteiger partial charge in [-0.15, -0.1) is 22.7 Å². The van der Waals surface area contributed by atoms with E-state index in [0.29, 0.717) is 6.54 Å². The number of carbonyl (C=O) groups excluding carboxylic acids is 1. The molecule has 4 aromatic rings. The van der Waals surface area contributed by atoms with Crippen molar-refractivity contribution in [3.63, 3.8) is 0 Å². The monoisotopic (exact) mass is 478 g/mol. The van der Waals surface area contributed by atoms with Gasteiger partial charge < -0.3 is 4.90 Å². The number of rotatable bonds is 3. The maximum atomic E-state index is 13.3. The predicted molar refractivity (Wildman–Crippen MR) is 133 cm³/mol. The molecule has 1 aliphatic heterocycles. The lowest BCUT2D eigenvalue weighted by molar-refractivity contribution is -0.133. The first kappa shape index (κ1) is 21.0. The Balaban J connectivity index is 1.23. The topological polar surface area (TPSA) is 68.1 Å². The normalized spacial score (nSPS) is 19.0. The zero-order valence-electron chi connectivity index (χ0n) is 18.5. The van der Waals surface area contributed by atoms with Crippen LogP contribution in [0.1, 0.15) is 53.5 Å². The van der Waals surface area contributed by atoms with Crippen LogP contribution in [0.25, 0.3) is 20.4 Å². The van der Waals surface area contributed by atoms with Crippen LogP contribution in [0.4, 0.5) is 0 Å². The number of thiophene rings is 1. The fourth-order valence-electron chi connectivity index (χ4n) is 5.19. The van der Waals surface area contributed by atoms with Crippen LogP contribution in [0.5, 0.6) is 0 Å². The Morgan fingerprint density at radius 3 is 2.88 bits per heavy atom. The molecule has 8 heteroatoms. The Kier molecular flexibility index (Phi) is 5.50. The third-order valence-corrected chi connectivity index (χ3v) is 9.33. The summed E-state index contributed by atoms with van der Waals surface area (Å²) in [7, 11) is 0. The van der Waals surface area contributed by atoms with E-state index in [4.69, 9.17) is 4.98 Å². The molecular weight excluding hydrogens is 452 g/mol. The molecule has 33 heavy (non-hydrogen) atoms. The van der Waals surface area contributed by atoms with E-state index < -0.39 is 0 Å². The van der Waals surface area contributed by atoms with E-state index in [9.17, 15) is 9.59 Å². The van der Waals surface area contributed by atoms with Gasteiger partial charge in [0.15, 0.2) is 0 Å². The number of nitrogens with zero attached hydrogens (tertiary/aromatic N) is 4. The molecule has 0 radical (unpaired) electrons. The van der Waals surface area contributed by atoms with Crippen molar-refractivity contribution >= 4 is 49.0 Å². The molecule has 1 unspecified atom stereocenters. The molecule has 0 bridgehead atoms. The Hall–Kier alpha value is -2.58. The van der Waals surface area contributed by atoms with Gasteiger partial charge in [-0.3, -0.25) is 14.2 Å². The number of para-hydroxylation sites is 1. The summed E-state index contributed by atoms with van der Waals surface area (Å²) in [5, 5.41) is 1.85. The van der Waals surface area contributed by atoms with Crippen molar-refractivity contribution in [2.75, 3.05) is 13.1 Å². The maximum Gasteiger partial charge on any atom is 0.262 e. The molecule has 170 valence electrons. The molecule has 6 rings (SSSR count). The van der Waals surface area contributed by atoms with E-state index in [1.807, 2.05) is 23.1 Å². The summed E-state index contributed by atoms with van der Waals surface area (Å²) in [5.74, 6) is 0.246. The second-order valence-corrected chi connectivity index (χ2v) is 11.3. The van der Waals surface area contributed by atoms with E-state index in [0.717, 1.165) is 59.4 Å². The number of thiazole rings is 1. The van der Waals surface area contributed by atoms with Gasteiger partial charge in [-0.2, -0.15) is 0 Å². The van der Waals surface area contributed by atoms with E-state index in [1.165, 1.54) is 32.5 Å². The average molecular weight is 479 g/mol. The molecule has 2 aliphatic rings. The number of hydrogen-bond acceptors (Lipinski definition) is 6. The summed E-state index contributed by atoms with van der Waals surface area (Å²) in [5.41, 5.74) is 2.15. The van der Waals surface area contributed by atoms with Crippen LogP contribution in [0, 0.1) is 0 Å². The fraction of sp³-hybridized carbons (Fsp3) is 0.440. The molecule has 4 heterocycles. The Labute approximate surface area is 199 Å². The van der Waals surface area contributed by atoms with Crippen LogP contribution in [-0.4, -0.2) is 38.4 Å². The van der Waals surface area contributed by atoms with E-state index >= 15 is 0 Å². The number of piperidine rings is 1. The number of aryl methyl sites for hydroxylation is 2. The van der Waals surface area contributed by atoms with Gasteiger partial charge in [-0.25, -0.2) is 9.97 Å². The number of amides is 1. The molecule has 0 spiro atoms. The largest absolute Gasteiger partial charge is 0.340 e. The van der Waals surface area contributed by atoms with E-state index in [1.54, 1.807) is 29.0 Å². The molecule has 1 fully saturated rings. The van der Waals surface area contributed by atoms with Crippen LogP contribution >= 0.6 is 22.7 Å². The van der Waals surface area contributed by atoms with Crippen molar-refractivity contribution < 1.29 is 4.79 Å². The molecule has 0 N–H and O–H groups in total. The summed E-state index contributed by atoms with van der Waals surface area (Å²) in [6.07, 6.45) is 9.04. The van der Waals surface area contributed by atoms with Crippen LogP contribution in [-0.2, 0) is 24.2 Å². The highest BCUT2D eigenvalue weighted by Crippen LogP contribution is 2.34. The number of hydrogen-bond donors (Lipinski definition) is 0. The average Bonchev–Trinajstić information content (AvgIpc) is 3.35. The lowest BCUT2D eigenvalue weighted by Gasteiger charge is -2.32. The molecular formula is C25H26N4O2S2. The van der Waals surface area contributed by atoms with Crippen molar-refractivity contribution in [2.45, 2.75) is 57.4 Å². The summed E-state index contributed by atoms with van der Waals surface area (Å²) >= 11 is 3.38. The van der Waals surface area contributed by atoms with Crippen molar-refractivity contribution in [1.82, 2.24) is 19.4 Å². The minimum Gasteiger partial charge on any atom is -0.340 e. The Morgan fingerprint density at radius 1 is 1.09 bits per heavy atom. The van der Waals surface area contributed by atoms with Crippen molar-refractivity contribution in [3.8, 4) is 0 Å². The summed E-state index contributed by atoms with van der Waals surface area (Å²) in [6, 6.07) is 8.19. The molecule has 1 amide bonds. The summed E-state index contributed by atoms with van der Waals surface area (Å²) < 4.78 is 2.71. The SMILES string of the molecule is O=C(Cn1cnc2sc3c(c2c1=O)CCCCC3)N1CCCC(c2nc3ccccc3s2)C1. The fourth-order valence-corrected chi connectivity index (χ4v) is 7.50. The summed E-state index contributed by atoms with van der Waals surface area (Å²) in [6.45, 7) is 1.45. The van der Waals surface area contributed by atoms with Crippen molar-refractivity contribution in [3.05, 3.63) is 56.4 Å². The summed E-state index contributed by atoms with van der Waals surface area (Å²) in [4.78, 5) is 40.0. The first-order valence-corrected chi connectivity index (χ1v) is 13.4. The zero-order valence-corrected chi connectivity index (χ0v) is 20.1. The van der Waals surface area contributed by atoms with Crippen LogP contribution < -0.4 is 5.56 Å². The van der Waals surface area contributed by atoms with E-state index in [-0.39, 0.29) is 23.9 Å². The zero-order chi connectivity index (χ0) is 22.4. The number of benzene rings is 1. The van der Waals surface area contributed by atoms with Gasteiger partial charge in [0, 0.05) is 23.9 Å². The minimum atomic E-state index is -0.0625. The first-order valence-electron chi connectivity index (χ1n) is 11.8. The number of likely N-dealkylation sites (tertiary alicyclic amines) is 1. The van der Waals surface area contributed by atoms with Crippen molar-refractivity contribution in [2.24, 2.45) is 0 Å². The lowest BCUT2D eigenvalue weighted by atomic mass is 9.98. The predicted octanol–water partition coefficient (Wildman–Crippen LogP) is 4.74. The Bertz CT molecular complexity index is 1370. The van der Waals surface area contributed by atoms with Gasteiger partial charge in [0.2, 0.25) is 5.91 Å². The van der Waals surface area contributed by atoms with Crippen LogP contribution in [0.3, 0.4) is 0 Å². The highest BCUT2D eigenvalue weighted by molar-refractivity contribution is 7.19. The minimum absolute atomic E-state index is 0.00891.